The quantitative estimate of drug-likeness (QED) is 0.603. The molecular weight excluding hydrogens is 334 g/mol. The topological polar surface area (TPSA) is 15.8 Å². The zero-order valence-electron chi connectivity index (χ0n) is 11.4. The van der Waals surface area contributed by atoms with E-state index < -0.39 is 0 Å². The van der Waals surface area contributed by atoms with E-state index in [1.165, 1.54) is 33.3 Å². The van der Waals surface area contributed by atoms with Gasteiger partial charge in [-0.05, 0) is 49.2 Å². The van der Waals surface area contributed by atoms with E-state index in [9.17, 15) is 0 Å². The van der Waals surface area contributed by atoms with Crippen LogP contribution >= 0.6 is 27.5 Å². The fourth-order valence-electron chi connectivity index (χ4n) is 2.58. The van der Waals surface area contributed by atoms with E-state index in [0.29, 0.717) is 0 Å². The van der Waals surface area contributed by atoms with Gasteiger partial charge in [0.25, 0.3) is 0 Å². The van der Waals surface area contributed by atoms with Crippen LogP contribution in [-0.4, -0.2) is 4.98 Å². The molecule has 20 heavy (non-hydrogen) atoms. The van der Waals surface area contributed by atoms with Crippen molar-refractivity contribution in [2.75, 3.05) is 0 Å². The van der Waals surface area contributed by atoms with Gasteiger partial charge in [-0.3, -0.25) is 0 Å². The molecule has 0 spiro atoms. The van der Waals surface area contributed by atoms with Crippen molar-refractivity contribution < 1.29 is 0 Å². The van der Waals surface area contributed by atoms with Gasteiger partial charge in [-0.25, -0.2) is 0 Å². The number of nitrogens with one attached hydrogen (secondary N) is 1. The Hall–Kier alpha value is -1.25. The van der Waals surface area contributed by atoms with Crippen LogP contribution in [0.25, 0.3) is 10.9 Å². The molecule has 1 aromatic heterocycles. The molecule has 102 valence electrons. The van der Waals surface area contributed by atoms with Crippen LogP contribution in [0.5, 0.6) is 0 Å². The van der Waals surface area contributed by atoms with E-state index >= 15 is 0 Å². The molecule has 2 aromatic carbocycles. The summed E-state index contributed by atoms with van der Waals surface area (Å²) in [6, 6.07) is 12.5. The average Bonchev–Trinajstić information content (AvgIpc) is 2.69. The first-order valence-corrected chi connectivity index (χ1v) is 7.73. The molecule has 0 amide bonds. The van der Waals surface area contributed by atoms with Crippen molar-refractivity contribution in [1.29, 1.82) is 0 Å². The molecule has 1 heterocycles. The molecule has 0 radical (unpaired) electrons. The highest BCUT2D eigenvalue weighted by Crippen LogP contribution is 2.29. The number of H-pyrrole nitrogens is 1. The highest BCUT2D eigenvalue weighted by molar-refractivity contribution is 9.10. The molecule has 0 saturated heterocycles. The Bertz CT molecular complexity index is 789. The second kappa shape index (κ2) is 5.27. The third-order valence-electron chi connectivity index (χ3n) is 3.66. The van der Waals surface area contributed by atoms with E-state index in [0.717, 1.165) is 15.9 Å². The fourth-order valence-corrected chi connectivity index (χ4v) is 3.40. The molecule has 3 rings (SSSR count). The Kier molecular flexibility index (Phi) is 3.61. The van der Waals surface area contributed by atoms with Crippen molar-refractivity contribution in [3.05, 3.63) is 68.3 Å². The van der Waals surface area contributed by atoms with Gasteiger partial charge < -0.3 is 4.98 Å². The number of rotatable bonds is 2. The van der Waals surface area contributed by atoms with E-state index in [1.807, 2.05) is 12.1 Å². The summed E-state index contributed by atoms with van der Waals surface area (Å²) in [5, 5.41) is 2.07. The molecule has 1 N–H and O–H groups in total. The van der Waals surface area contributed by atoms with Crippen molar-refractivity contribution in [2.24, 2.45) is 0 Å². The third kappa shape index (κ3) is 2.50. The van der Waals surface area contributed by atoms with Gasteiger partial charge in [0, 0.05) is 32.5 Å². The maximum Gasteiger partial charge on any atom is 0.0459 e. The number of hydrogen-bond acceptors (Lipinski definition) is 0. The first-order valence-electron chi connectivity index (χ1n) is 6.56. The van der Waals surface area contributed by atoms with Gasteiger partial charge in [0.05, 0.1) is 0 Å². The number of fused-ring (bicyclic) bond motifs is 1. The number of halogens is 2. The second-order valence-electron chi connectivity index (χ2n) is 5.19. The molecule has 0 bridgehead atoms. The molecule has 0 fully saturated rings. The average molecular weight is 349 g/mol. The first-order chi connectivity index (χ1) is 9.54. The monoisotopic (exact) mass is 347 g/mol. The first kappa shape index (κ1) is 13.7. The molecule has 0 aliphatic rings. The number of aromatic nitrogens is 1. The van der Waals surface area contributed by atoms with Crippen molar-refractivity contribution in [1.82, 2.24) is 4.98 Å². The van der Waals surface area contributed by atoms with Crippen LogP contribution in [-0.2, 0) is 6.42 Å². The van der Waals surface area contributed by atoms with Crippen LogP contribution in [0.15, 0.2) is 40.9 Å². The van der Waals surface area contributed by atoms with Crippen LogP contribution in [0.3, 0.4) is 0 Å². The third-order valence-corrected chi connectivity index (χ3v) is 4.63. The molecule has 3 heteroatoms. The lowest BCUT2D eigenvalue weighted by atomic mass is 10.0. The minimum absolute atomic E-state index is 0.757. The zero-order valence-corrected chi connectivity index (χ0v) is 13.8. The molecular formula is C17H15BrClN. The zero-order chi connectivity index (χ0) is 14.3. The van der Waals surface area contributed by atoms with Crippen LogP contribution < -0.4 is 0 Å². The van der Waals surface area contributed by atoms with Crippen molar-refractivity contribution in [2.45, 2.75) is 20.3 Å². The van der Waals surface area contributed by atoms with Gasteiger partial charge in [-0.1, -0.05) is 45.2 Å². The summed E-state index contributed by atoms with van der Waals surface area (Å²) in [4.78, 5) is 3.46. The summed E-state index contributed by atoms with van der Waals surface area (Å²) < 4.78 is 1.06. The predicted molar refractivity (Wildman–Crippen MR) is 89.7 cm³/mol. The maximum absolute atomic E-state index is 6.01. The van der Waals surface area contributed by atoms with Gasteiger partial charge in [0.2, 0.25) is 0 Å². The van der Waals surface area contributed by atoms with E-state index in [-0.39, 0.29) is 0 Å². The van der Waals surface area contributed by atoms with Gasteiger partial charge in [0.1, 0.15) is 0 Å². The normalized spacial score (nSPS) is 11.2. The van der Waals surface area contributed by atoms with Crippen LogP contribution in [0.4, 0.5) is 0 Å². The van der Waals surface area contributed by atoms with E-state index in [2.05, 4.69) is 59.0 Å². The van der Waals surface area contributed by atoms with Gasteiger partial charge in [0.15, 0.2) is 0 Å². The minimum atomic E-state index is 0.757. The highest BCUT2D eigenvalue weighted by atomic mass is 79.9. The Labute approximate surface area is 132 Å². The Morgan fingerprint density at radius 2 is 1.90 bits per heavy atom. The van der Waals surface area contributed by atoms with Crippen LogP contribution in [0.1, 0.15) is 22.4 Å². The predicted octanol–water partition coefficient (Wildman–Crippen LogP) is 5.79. The van der Waals surface area contributed by atoms with E-state index in [4.69, 9.17) is 11.6 Å². The molecule has 0 saturated carbocycles. The molecule has 0 unspecified atom stereocenters. The van der Waals surface area contributed by atoms with Gasteiger partial charge in [-0.15, -0.1) is 0 Å². The highest BCUT2D eigenvalue weighted by Gasteiger charge is 2.11. The largest absolute Gasteiger partial charge is 0.358 e. The van der Waals surface area contributed by atoms with Crippen LogP contribution in [0, 0.1) is 13.8 Å². The summed E-state index contributed by atoms with van der Waals surface area (Å²) in [6.45, 7) is 4.26. The fraction of sp³-hybridized carbons (Fsp3) is 0.176. The number of hydrogen-bond donors (Lipinski definition) is 1. The molecule has 1 nitrogen and oxygen atoms in total. The number of aromatic amines is 1. The summed E-state index contributed by atoms with van der Waals surface area (Å²) in [7, 11) is 0. The second-order valence-corrected chi connectivity index (χ2v) is 6.48. The summed E-state index contributed by atoms with van der Waals surface area (Å²) in [5.74, 6) is 0. The van der Waals surface area contributed by atoms with Crippen LogP contribution in [0.2, 0.25) is 5.02 Å². The lowest BCUT2D eigenvalue weighted by Crippen LogP contribution is -1.91. The molecule has 0 aliphatic carbocycles. The van der Waals surface area contributed by atoms with Crippen molar-refractivity contribution in [3.8, 4) is 0 Å². The molecule has 0 atom stereocenters. The molecule has 0 aliphatic heterocycles. The number of aryl methyl sites for hydroxylation is 2. The lowest BCUT2D eigenvalue weighted by Gasteiger charge is -2.06. The van der Waals surface area contributed by atoms with Gasteiger partial charge >= 0.3 is 0 Å². The summed E-state index contributed by atoms with van der Waals surface area (Å²) in [6.07, 6.45) is 0.896. The van der Waals surface area contributed by atoms with Crippen molar-refractivity contribution >= 4 is 38.4 Å². The Balaban J connectivity index is 2.10. The Morgan fingerprint density at radius 3 is 2.65 bits per heavy atom. The summed E-state index contributed by atoms with van der Waals surface area (Å²) in [5.41, 5.74) is 6.32. The summed E-state index contributed by atoms with van der Waals surface area (Å²) >= 11 is 9.61. The van der Waals surface area contributed by atoms with E-state index in [1.54, 1.807) is 0 Å². The smallest absolute Gasteiger partial charge is 0.0459 e. The number of benzene rings is 2. The Morgan fingerprint density at radius 1 is 1.10 bits per heavy atom. The lowest BCUT2D eigenvalue weighted by molar-refractivity contribution is 1.14. The standard InChI is InChI=1S/C17H15BrClN/c1-10-3-6-17-15(7-10)14(11(2)20-17)8-12-4-5-13(19)9-16(12)18/h3-7,9,20H,8H2,1-2H3. The maximum atomic E-state index is 6.01. The van der Waals surface area contributed by atoms with Gasteiger partial charge in [-0.2, -0.15) is 0 Å². The SMILES string of the molecule is Cc1ccc2[nH]c(C)c(Cc3ccc(Cl)cc3Br)c2c1. The van der Waals surface area contributed by atoms with Crippen molar-refractivity contribution in [3.63, 3.8) is 0 Å². The minimum Gasteiger partial charge on any atom is -0.358 e. The molecule has 3 aromatic rings.